The van der Waals surface area contributed by atoms with Crippen LogP contribution in [0.3, 0.4) is 0 Å². The Morgan fingerprint density at radius 1 is 1.05 bits per heavy atom. The third-order valence-electron chi connectivity index (χ3n) is 6.86. The largest absolute Gasteiger partial charge is 0.370 e. The van der Waals surface area contributed by atoms with Crippen molar-refractivity contribution >= 4 is 39.0 Å². The zero-order valence-electron chi connectivity index (χ0n) is 25.3. The van der Waals surface area contributed by atoms with Crippen molar-refractivity contribution in [3.63, 3.8) is 0 Å². The normalized spacial score (nSPS) is 17.4. The van der Waals surface area contributed by atoms with E-state index in [0.29, 0.717) is 35.5 Å². The number of thiazole rings is 1. The minimum atomic E-state index is -3.95. The van der Waals surface area contributed by atoms with Gasteiger partial charge in [-0.25, -0.2) is 22.9 Å². The van der Waals surface area contributed by atoms with E-state index in [4.69, 9.17) is 4.84 Å². The zero-order chi connectivity index (χ0) is 31.2. The summed E-state index contributed by atoms with van der Waals surface area (Å²) in [6.07, 6.45) is 4.72. The molecule has 12 heteroatoms. The molecule has 0 spiro atoms. The average molecular weight is 628 g/mol. The fourth-order valence-electron chi connectivity index (χ4n) is 4.87. The summed E-state index contributed by atoms with van der Waals surface area (Å²) in [5, 5.41) is 6.46. The molecule has 0 saturated heterocycles. The molecule has 3 aromatic rings. The third kappa shape index (κ3) is 9.33. The summed E-state index contributed by atoms with van der Waals surface area (Å²) in [6.45, 7) is 9.49. The maximum Gasteiger partial charge on any atom is 0.327 e. The van der Waals surface area contributed by atoms with Gasteiger partial charge in [-0.1, -0.05) is 36.4 Å². The van der Waals surface area contributed by atoms with Crippen LogP contribution in [-0.2, 0) is 26.2 Å². The number of hydroxylamine groups is 1. The number of urea groups is 1. The highest BCUT2D eigenvalue weighted by molar-refractivity contribution is 7.89. The minimum absolute atomic E-state index is 0.0580. The molecule has 1 fully saturated rings. The monoisotopic (exact) mass is 627 g/mol. The maximum atomic E-state index is 13.6. The Kier molecular flexibility index (Phi) is 10.6. The highest BCUT2D eigenvalue weighted by Crippen LogP contribution is 2.41. The van der Waals surface area contributed by atoms with Crippen molar-refractivity contribution in [3.8, 4) is 10.4 Å². The predicted molar refractivity (Wildman–Crippen MR) is 169 cm³/mol. The quantitative estimate of drug-likeness (QED) is 0.204. The van der Waals surface area contributed by atoms with E-state index in [-0.39, 0.29) is 28.7 Å². The fourth-order valence-corrected chi connectivity index (χ4v) is 7.73. The van der Waals surface area contributed by atoms with Crippen LogP contribution in [0.5, 0.6) is 0 Å². The van der Waals surface area contributed by atoms with Gasteiger partial charge < -0.3 is 15.5 Å². The first kappa shape index (κ1) is 32.6. The molecule has 0 atom stereocenters. The molecule has 232 valence electrons. The summed E-state index contributed by atoms with van der Waals surface area (Å²) in [6, 6.07) is 14.0. The second kappa shape index (κ2) is 14.0. The van der Waals surface area contributed by atoms with Crippen LogP contribution >= 0.6 is 11.3 Å². The van der Waals surface area contributed by atoms with Crippen LogP contribution in [0.15, 0.2) is 59.6 Å². The van der Waals surface area contributed by atoms with Crippen LogP contribution in [0, 0.1) is 5.92 Å². The molecule has 2 amide bonds. The van der Waals surface area contributed by atoms with Gasteiger partial charge in [0.15, 0.2) is 0 Å². The number of carbonyl (C=O) groups is 2. The van der Waals surface area contributed by atoms with Gasteiger partial charge in [0.25, 0.3) is 0 Å². The molecular weight excluding hydrogens is 587 g/mol. The molecule has 1 heterocycles. The highest BCUT2D eigenvalue weighted by Gasteiger charge is 2.31. The molecule has 0 bridgehead atoms. The molecule has 1 aliphatic rings. The number of rotatable bonds is 10. The lowest BCUT2D eigenvalue weighted by molar-refractivity contribution is -0.158. The fraction of sp³-hybridized carbons (Fsp3) is 0.452. The number of anilines is 1. The molecule has 1 aliphatic carbocycles. The summed E-state index contributed by atoms with van der Waals surface area (Å²) in [4.78, 5) is 35.6. The lowest BCUT2D eigenvalue weighted by atomic mass is 9.82. The van der Waals surface area contributed by atoms with E-state index in [1.807, 2.05) is 44.2 Å². The van der Waals surface area contributed by atoms with Crippen LogP contribution in [0.25, 0.3) is 10.4 Å². The van der Waals surface area contributed by atoms with Crippen LogP contribution in [0.4, 0.5) is 10.5 Å². The average Bonchev–Trinajstić information content (AvgIpc) is 3.44. The van der Waals surface area contributed by atoms with E-state index < -0.39 is 21.6 Å². The summed E-state index contributed by atoms with van der Waals surface area (Å²) >= 11 is 1.46. The van der Waals surface area contributed by atoms with Crippen LogP contribution in [0.1, 0.15) is 76.8 Å². The molecular formula is C31H41N5O5S2. The van der Waals surface area contributed by atoms with Crippen molar-refractivity contribution in [2.24, 2.45) is 5.92 Å². The molecule has 4 rings (SSSR count). The number of sulfonamides is 1. The van der Waals surface area contributed by atoms with Gasteiger partial charge in [0.05, 0.1) is 20.7 Å². The van der Waals surface area contributed by atoms with Gasteiger partial charge in [-0.3, -0.25) is 4.79 Å². The number of nitrogens with zero attached hydrogens (tertiary/aromatic N) is 1. The van der Waals surface area contributed by atoms with Gasteiger partial charge in [-0.2, -0.15) is 5.48 Å². The van der Waals surface area contributed by atoms with Crippen LogP contribution in [-0.4, -0.2) is 37.0 Å². The number of aromatic nitrogens is 1. The Balaban J connectivity index is 1.51. The summed E-state index contributed by atoms with van der Waals surface area (Å²) < 4.78 is 29.9. The number of hydrogen-bond acceptors (Lipinski definition) is 8. The molecule has 0 unspecified atom stereocenters. The molecule has 10 nitrogen and oxygen atoms in total. The van der Waals surface area contributed by atoms with E-state index in [0.717, 1.165) is 23.4 Å². The molecule has 4 N–H and O–H groups in total. The topological polar surface area (TPSA) is 139 Å². The Labute approximate surface area is 258 Å². The van der Waals surface area contributed by atoms with Crippen molar-refractivity contribution < 1.29 is 22.8 Å². The second-order valence-corrected chi connectivity index (χ2v) is 14.9. The van der Waals surface area contributed by atoms with Gasteiger partial charge in [-0.15, -0.1) is 11.3 Å². The maximum absolute atomic E-state index is 13.6. The van der Waals surface area contributed by atoms with Crippen LogP contribution < -0.4 is 20.8 Å². The van der Waals surface area contributed by atoms with Gasteiger partial charge in [0, 0.05) is 41.5 Å². The van der Waals surface area contributed by atoms with Crippen molar-refractivity contribution in [1.29, 1.82) is 0 Å². The lowest BCUT2D eigenvalue weighted by Gasteiger charge is -2.26. The molecule has 0 aliphatic heterocycles. The highest BCUT2D eigenvalue weighted by atomic mass is 32.2. The van der Waals surface area contributed by atoms with E-state index >= 15 is 0 Å². The first-order valence-electron chi connectivity index (χ1n) is 14.5. The lowest BCUT2D eigenvalue weighted by Crippen LogP contribution is -2.40. The predicted octanol–water partition coefficient (Wildman–Crippen LogP) is 5.94. The standard InChI is InChI=1S/C31H41N5O5S2/c1-20(2)35-41-29(37)23-13-11-22(12-14-23)28-32-19-26(42-28)25-16-15-24(17-27(25)43(39,40)36-31(3,4)5)34-30(38)33-18-21-9-7-6-8-10-21/h6-10,15-17,19-20,22-23,35-36H,11-14,18H2,1-5H3,(H2,33,34,38)/t22-,23-. The van der Waals surface area contributed by atoms with Crippen molar-refractivity contribution in [2.75, 3.05) is 5.32 Å². The second-order valence-electron chi connectivity index (χ2n) is 12.2. The van der Waals surface area contributed by atoms with Crippen LogP contribution in [0.2, 0.25) is 0 Å². The van der Waals surface area contributed by atoms with Gasteiger partial charge in [0.1, 0.15) is 0 Å². The molecule has 1 aromatic heterocycles. The smallest absolute Gasteiger partial charge is 0.327 e. The van der Waals surface area contributed by atoms with Crippen molar-refractivity contribution in [1.82, 2.24) is 20.5 Å². The summed E-state index contributed by atoms with van der Waals surface area (Å²) in [5.74, 6) is -0.189. The third-order valence-corrected chi connectivity index (χ3v) is 9.85. The summed E-state index contributed by atoms with van der Waals surface area (Å²) in [7, 11) is -3.95. The Bertz CT molecular complexity index is 1510. The van der Waals surface area contributed by atoms with E-state index in [9.17, 15) is 18.0 Å². The molecule has 1 saturated carbocycles. The van der Waals surface area contributed by atoms with E-state index in [1.165, 1.54) is 17.4 Å². The zero-order valence-corrected chi connectivity index (χ0v) is 26.9. The van der Waals surface area contributed by atoms with Gasteiger partial charge in [0.2, 0.25) is 10.0 Å². The first-order valence-corrected chi connectivity index (χ1v) is 16.8. The number of amides is 2. The first-order chi connectivity index (χ1) is 20.3. The SMILES string of the molecule is CC(C)NOC(=O)[C@H]1CC[C@H](c2ncc(-c3ccc(NC(=O)NCc4ccccc4)cc3S(=O)(=O)NC(C)(C)C)s2)CC1. The van der Waals surface area contributed by atoms with Crippen molar-refractivity contribution in [2.45, 2.75) is 89.2 Å². The Hall–Kier alpha value is -3.32. The van der Waals surface area contributed by atoms with Gasteiger partial charge in [-0.05, 0) is 78.0 Å². The van der Waals surface area contributed by atoms with Gasteiger partial charge >= 0.3 is 12.0 Å². The summed E-state index contributed by atoms with van der Waals surface area (Å²) in [5.41, 5.74) is 3.82. The number of hydrogen-bond donors (Lipinski definition) is 4. The minimum Gasteiger partial charge on any atom is -0.370 e. The molecule has 2 aromatic carbocycles. The Morgan fingerprint density at radius 2 is 1.74 bits per heavy atom. The number of nitrogens with one attached hydrogen (secondary N) is 4. The number of benzene rings is 2. The van der Waals surface area contributed by atoms with E-state index in [2.05, 4.69) is 25.8 Å². The molecule has 0 radical (unpaired) electrons. The molecule has 43 heavy (non-hydrogen) atoms. The van der Waals surface area contributed by atoms with E-state index in [1.54, 1.807) is 39.1 Å². The number of carbonyl (C=O) groups excluding carboxylic acids is 2. The Morgan fingerprint density at radius 3 is 2.40 bits per heavy atom. The van der Waals surface area contributed by atoms with Crippen molar-refractivity contribution in [3.05, 3.63) is 65.3 Å².